The molecule has 0 N–H and O–H groups in total. The van der Waals surface area contributed by atoms with Gasteiger partial charge >= 0.3 is 0 Å². The SMILES string of the molecule is CCc1ccc2nc(N3CCN(C(=O)/C=C/c4ccc(C(C)C)cc4)CC3)sc2c1. The molecule has 2 aromatic carbocycles. The number of fused-ring (bicyclic) bond motifs is 1. The molecule has 1 fully saturated rings. The third-order valence-electron chi connectivity index (χ3n) is 5.73. The molecule has 1 aliphatic rings. The molecule has 0 atom stereocenters. The van der Waals surface area contributed by atoms with Crippen molar-refractivity contribution in [2.45, 2.75) is 33.1 Å². The summed E-state index contributed by atoms with van der Waals surface area (Å²) in [6, 6.07) is 14.9. The van der Waals surface area contributed by atoms with E-state index >= 15 is 0 Å². The highest BCUT2D eigenvalue weighted by molar-refractivity contribution is 7.22. The van der Waals surface area contributed by atoms with Gasteiger partial charge in [-0.05, 0) is 47.2 Å². The van der Waals surface area contributed by atoms with Gasteiger partial charge in [-0.3, -0.25) is 4.79 Å². The van der Waals surface area contributed by atoms with Crippen molar-refractivity contribution in [3.05, 3.63) is 65.2 Å². The average Bonchev–Trinajstić information content (AvgIpc) is 3.21. The van der Waals surface area contributed by atoms with Gasteiger partial charge in [-0.2, -0.15) is 0 Å². The second-order valence-electron chi connectivity index (χ2n) is 8.12. The molecule has 156 valence electrons. The van der Waals surface area contributed by atoms with Gasteiger partial charge in [0.25, 0.3) is 0 Å². The van der Waals surface area contributed by atoms with Gasteiger partial charge in [0.1, 0.15) is 0 Å². The highest BCUT2D eigenvalue weighted by Crippen LogP contribution is 2.30. The Labute approximate surface area is 182 Å². The summed E-state index contributed by atoms with van der Waals surface area (Å²) in [6.45, 7) is 9.65. The van der Waals surface area contributed by atoms with Gasteiger partial charge in [0.15, 0.2) is 5.13 Å². The number of nitrogens with zero attached hydrogens (tertiary/aromatic N) is 3. The molecule has 1 aliphatic heterocycles. The second-order valence-corrected chi connectivity index (χ2v) is 9.13. The Kier molecular flexibility index (Phi) is 6.18. The number of piperazine rings is 1. The van der Waals surface area contributed by atoms with Crippen LogP contribution in [0.25, 0.3) is 16.3 Å². The largest absolute Gasteiger partial charge is 0.345 e. The highest BCUT2D eigenvalue weighted by atomic mass is 32.1. The van der Waals surface area contributed by atoms with E-state index in [0.29, 0.717) is 5.92 Å². The van der Waals surface area contributed by atoms with E-state index in [1.165, 1.54) is 15.8 Å². The van der Waals surface area contributed by atoms with Crippen LogP contribution in [0.15, 0.2) is 48.5 Å². The number of benzene rings is 2. The van der Waals surface area contributed by atoms with Crippen LogP contribution >= 0.6 is 11.3 Å². The number of amides is 1. The molecule has 3 aromatic rings. The molecule has 4 nitrogen and oxygen atoms in total. The van der Waals surface area contributed by atoms with Crippen molar-refractivity contribution in [2.24, 2.45) is 0 Å². The zero-order chi connectivity index (χ0) is 21.1. The van der Waals surface area contributed by atoms with Crippen molar-refractivity contribution >= 4 is 38.7 Å². The molecule has 5 heteroatoms. The second kappa shape index (κ2) is 9.00. The summed E-state index contributed by atoms with van der Waals surface area (Å²) in [5.74, 6) is 0.601. The predicted octanol–water partition coefficient (Wildman–Crippen LogP) is 5.34. The number of thiazole rings is 1. The lowest BCUT2D eigenvalue weighted by Gasteiger charge is -2.34. The van der Waals surface area contributed by atoms with Gasteiger partial charge < -0.3 is 9.80 Å². The lowest BCUT2D eigenvalue weighted by atomic mass is 10.0. The lowest BCUT2D eigenvalue weighted by molar-refractivity contribution is -0.126. The maximum Gasteiger partial charge on any atom is 0.246 e. The van der Waals surface area contributed by atoms with Crippen LogP contribution in [0.4, 0.5) is 5.13 Å². The Balaban J connectivity index is 1.35. The fourth-order valence-electron chi connectivity index (χ4n) is 3.70. The van der Waals surface area contributed by atoms with Crippen LogP contribution in [0.5, 0.6) is 0 Å². The average molecular weight is 420 g/mol. The first-order chi connectivity index (χ1) is 14.5. The Morgan fingerprint density at radius 2 is 1.83 bits per heavy atom. The molecule has 30 heavy (non-hydrogen) atoms. The number of rotatable bonds is 5. The quantitative estimate of drug-likeness (QED) is 0.524. The Hall–Kier alpha value is -2.66. The topological polar surface area (TPSA) is 36.4 Å². The molecule has 0 bridgehead atoms. The minimum atomic E-state index is 0.0828. The van der Waals surface area contributed by atoms with Crippen molar-refractivity contribution in [1.82, 2.24) is 9.88 Å². The number of aromatic nitrogens is 1. The minimum Gasteiger partial charge on any atom is -0.345 e. The molecule has 0 radical (unpaired) electrons. The Morgan fingerprint density at radius 1 is 1.10 bits per heavy atom. The van der Waals surface area contributed by atoms with Crippen LogP contribution in [0, 0.1) is 0 Å². The summed E-state index contributed by atoms with van der Waals surface area (Å²) < 4.78 is 1.24. The molecule has 1 amide bonds. The normalized spacial score (nSPS) is 14.9. The number of hydrogen-bond acceptors (Lipinski definition) is 4. The molecule has 0 aliphatic carbocycles. The van der Waals surface area contributed by atoms with Gasteiger partial charge in [0.2, 0.25) is 5.91 Å². The van der Waals surface area contributed by atoms with Crippen LogP contribution in [-0.2, 0) is 11.2 Å². The number of hydrogen-bond donors (Lipinski definition) is 0. The van der Waals surface area contributed by atoms with E-state index < -0.39 is 0 Å². The lowest BCUT2D eigenvalue weighted by Crippen LogP contribution is -2.48. The third kappa shape index (κ3) is 4.57. The van der Waals surface area contributed by atoms with Crippen molar-refractivity contribution in [3.8, 4) is 0 Å². The van der Waals surface area contributed by atoms with E-state index in [2.05, 4.69) is 68.1 Å². The smallest absolute Gasteiger partial charge is 0.246 e. The standard InChI is InChI=1S/C25H29N3OS/c1-4-19-7-11-22-23(17-19)30-25(26-22)28-15-13-27(14-16-28)24(29)12-8-20-5-9-21(10-6-20)18(2)3/h5-12,17-18H,4,13-16H2,1-3H3/b12-8+. The van der Waals surface area contributed by atoms with Gasteiger partial charge in [-0.1, -0.05) is 62.4 Å². The van der Waals surface area contributed by atoms with Crippen LogP contribution in [0.2, 0.25) is 0 Å². The van der Waals surface area contributed by atoms with Gasteiger partial charge in [-0.25, -0.2) is 4.98 Å². The number of carbonyl (C=O) groups is 1. The van der Waals surface area contributed by atoms with Gasteiger partial charge in [-0.15, -0.1) is 0 Å². The van der Waals surface area contributed by atoms with E-state index in [1.54, 1.807) is 17.4 Å². The summed E-state index contributed by atoms with van der Waals surface area (Å²) >= 11 is 1.75. The minimum absolute atomic E-state index is 0.0828. The molecular formula is C25H29N3OS. The molecule has 2 heterocycles. The van der Waals surface area contributed by atoms with Crippen LogP contribution in [0.1, 0.15) is 43.4 Å². The van der Waals surface area contributed by atoms with E-state index in [0.717, 1.165) is 48.8 Å². The number of anilines is 1. The van der Waals surface area contributed by atoms with E-state index in [1.807, 2.05) is 11.0 Å². The Morgan fingerprint density at radius 3 is 2.50 bits per heavy atom. The first kappa shape index (κ1) is 20.6. The molecule has 0 unspecified atom stereocenters. The monoisotopic (exact) mass is 419 g/mol. The summed E-state index contributed by atoms with van der Waals surface area (Å²) in [7, 11) is 0. The molecule has 0 spiro atoms. The Bertz CT molecular complexity index is 1040. The summed E-state index contributed by atoms with van der Waals surface area (Å²) in [5, 5.41) is 1.06. The molecule has 4 rings (SSSR count). The zero-order valence-electron chi connectivity index (χ0n) is 18.0. The predicted molar refractivity (Wildman–Crippen MR) is 127 cm³/mol. The van der Waals surface area contributed by atoms with E-state index in [9.17, 15) is 4.79 Å². The fraction of sp³-hybridized carbons (Fsp3) is 0.360. The van der Waals surface area contributed by atoms with Gasteiger partial charge in [0, 0.05) is 32.3 Å². The first-order valence-electron chi connectivity index (χ1n) is 10.7. The van der Waals surface area contributed by atoms with Crippen molar-refractivity contribution < 1.29 is 4.79 Å². The first-order valence-corrected chi connectivity index (χ1v) is 11.6. The third-order valence-corrected chi connectivity index (χ3v) is 6.81. The molecule has 1 saturated heterocycles. The van der Waals surface area contributed by atoms with Crippen LogP contribution < -0.4 is 4.90 Å². The molecule has 1 aromatic heterocycles. The maximum atomic E-state index is 12.6. The van der Waals surface area contributed by atoms with Crippen molar-refractivity contribution in [2.75, 3.05) is 31.1 Å². The van der Waals surface area contributed by atoms with Crippen molar-refractivity contribution in [1.29, 1.82) is 0 Å². The highest BCUT2D eigenvalue weighted by Gasteiger charge is 2.22. The summed E-state index contributed by atoms with van der Waals surface area (Å²) in [4.78, 5) is 21.6. The zero-order valence-corrected chi connectivity index (χ0v) is 18.8. The number of carbonyl (C=O) groups excluding carboxylic acids is 1. The van der Waals surface area contributed by atoms with Gasteiger partial charge in [0.05, 0.1) is 10.2 Å². The molecule has 0 saturated carbocycles. The number of aryl methyl sites for hydroxylation is 1. The van der Waals surface area contributed by atoms with E-state index in [4.69, 9.17) is 4.98 Å². The maximum absolute atomic E-state index is 12.6. The molecular weight excluding hydrogens is 390 g/mol. The van der Waals surface area contributed by atoms with Crippen molar-refractivity contribution in [3.63, 3.8) is 0 Å². The fourth-order valence-corrected chi connectivity index (χ4v) is 4.78. The van der Waals surface area contributed by atoms with Crippen LogP contribution in [0.3, 0.4) is 0 Å². The summed E-state index contributed by atoms with van der Waals surface area (Å²) in [6.07, 6.45) is 4.65. The van der Waals surface area contributed by atoms with Crippen LogP contribution in [-0.4, -0.2) is 42.0 Å². The summed E-state index contributed by atoms with van der Waals surface area (Å²) in [5.41, 5.74) is 4.79. The van der Waals surface area contributed by atoms with E-state index in [-0.39, 0.29) is 5.91 Å².